The largest absolute Gasteiger partial charge is 0.380 e. The zero-order valence-electron chi connectivity index (χ0n) is 12.1. The molecule has 3 rings (SSSR count). The highest BCUT2D eigenvalue weighted by Crippen LogP contribution is 2.28. The molecule has 0 aliphatic rings. The standard InChI is InChI=1S/C18H17NO2/c1-12-14-10-6-7-11-15(14)19(2)16(12)18(21)17(20)13-8-4-3-5-9-13/h3-11,17,20H,1-2H3. The maximum absolute atomic E-state index is 12.7. The molecule has 0 fully saturated rings. The second-order valence-corrected chi connectivity index (χ2v) is 5.23. The number of aliphatic hydroxyl groups is 1. The van der Waals surface area contributed by atoms with E-state index in [0.717, 1.165) is 16.5 Å². The van der Waals surface area contributed by atoms with Crippen molar-refractivity contribution in [1.82, 2.24) is 4.57 Å². The van der Waals surface area contributed by atoms with Crippen molar-refractivity contribution in [3.05, 3.63) is 71.4 Å². The van der Waals surface area contributed by atoms with Crippen molar-refractivity contribution >= 4 is 16.7 Å². The van der Waals surface area contributed by atoms with Crippen LogP contribution in [0.4, 0.5) is 0 Å². The van der Waals surface area contributed by atoms with E-state index in [0.29, 0.717) is 11.3 Å². The summed E-state index contributed by atoms with van der Waals surface area (Å²) in [5.41, 5.74) is 3.09. The molecular weight excluding hydrogens is 262 g/mol. The van der Waals surface area contributed by atoms with E-state index >= 15 is 0 Å². The number of nitrogens with zero attached hydrogens (tertiary/aromatic N) is 1. The zero-order valence-corrected chi connectivity index (χ0v) is 12.1. The van der Waals surface area contributed by atoms with E-state index in [2.05, 4.69) is 0 Å². The van der Waals surface area contributed by atoms with Crippen molar-refractivity contribution in [1.29, 1.82) is 0 Å². The number of hydrogen-bond acceptors (Lipinski definition) is 2. The summed E-state index contributed by atoms with van der Waals surface area (Å²) in [6.45, 7) is 1.92. The molecule has 0 saturated carbocycles. The maximum Gasteiger partial charge on any atom is 0.212 e. The van der Waals surface area contributed by atoms with Crippen LogP contribution < -0.4 is 0 Å². The smallest absolute Gasteiger partial charge is 0.212 e. The molecule has 1 aromatic heterocycles. The summed E-state index contributed by atoms with van der Waals surface area (Å²) in [5.74, 6) is -0.266. The fourth-order valence-corrected chi connectivity index (χ4v) is 2.85. The summed E-state index contributed by atoms with van der Waals surface area (Å²) in [6, 6.07) is 16.9. The third-order valence-corrected chi connectivity index (χ3v) is 3.96. The van der Waals surface area contributed by atoms with Crippen LogP contribution in [0.1, 0.15) is 27.7 Å². The van der Waals surface area contributed by atoms with Crippen molar-refractivity contribution in [2.75, 3.05) is 0 Å². The fourth-order valence-electron chi connectivity index (χ4n) is 2.85. The minimum absolute atomic E-state index is 0.266. The highest BCUT2D eigenvalue weighted by molar-refractivity contribution is 6.05. The Morgan fingerprint density at radius 3 is 2.33 bits per heavy atom. The van der Waals surface area contributed by atoms with Crippen LogP contribution in [0.15, 0.2) is 54.6 Å². The number of aromatic nitrogens is 1. The van der Waals surface area contributed by atoms with E-state index in [1.165, 1.54) is 0 Å². The number of aryl methyl sites for hydroxylation is 2. The van der Waals surface area contributed by atoms with E-state index in [1.807, 2.05) is 61.0 Å². The molecule has 0 radical (unpaired) electrons. The van der Waals surface area contributed by atoms with Crippen LogP contribution in [0.3, 0.4) is 0 Å². The molecule has 1 atom stereocenters. The van der Waals surface area contributed by atoms with Gasteiger partial charge in [-0.2, -0.15) is 0 Å². The van der Waals surface area contributed by atoms with Crippen molar-refractivity contribution in [2.24, 2.45) is 7.05 Å². The first-order valence-corrected chi connectivity index (χ1v) is 6.92. The number of ketones is 1. The van der Waals surface area contributed by atoms with Gasteiger partial charge in [0.1, 0.15) is 6.10 Å². The third kappa shape index (κ3) is 2.16. The lowest BCUT2D eigenvalue weighted by Crippen LogP contribution is -2.16. The van der Waals surface area contributed by atoms with E-state index in [4.69, 9.17) is 0 Å². The Bertz CT molecular complexity index is 764. The van der Waals surface area contributed by atoms with Crippen LogP contribution in [0, 0.1) is 6.92 Å². The Kier molecular flexibility index (Phi) is 3.35. The van der Waals surface area contributed by atoms with Gasteiger partial charge < -0.3 is 9.67 Å². The van der Waals surface area contributed by atoms with E-state index in [-0.39, 0.29) is 5.78 Å². The fraction of sp³-hybridized carbons (Fsp3) is 0.167. The third-order valence-electron chi connectivity index (χ3n) is 3.96. The molecule has 0 aliphatic carbocycles. The summed E-state index contributed by atoms with van der Waals surface area (Å²) in [7, 11) is 1.86. The molecule has 0 aliphatic heterocycles. The number of para-hydroxylation sites is 1. The molecule has 21 heavy (non-hydrogen) atoms. The number of carbonyl (C=O) groups is 1. The van der Waals surface area contributed by atoms with Crippen LogP contribution in [0.2, 0.25) is 0 Å². The molecule has 0 saturated heterocycles. The quantitative estimate of drug-likeness (QED) is 0.747. The second-order valence-electron chi connectivity index (χ2n) is 5.23. The van der Waals surface area contributed by atoms with Gasteiger partial charge in [-0.05, 0) is 24.1 Å². The molecule has 106 valence electrons. The lowest BCUT2D eigenvalue weighted by Gasteiger charge is -2.11. The van der Waals surface area contributed by atoms with Crippen LogP contribution >= 0.6 is 0 Å². The van der Waals surface area contributed by atoms with E-state index in [9.17, 15) is 9.90 Å². The minimum atomic E-state index is -1.13. The number of carbonyl (C=O) groups excluding carboxylic acids is 1. The summed E-state index contributed by atoms with van der Waals surface area (Å²) in [5, 5.41) is 11.4. The van der Waals surface area contributed by atoms with Gasteiger partial charge in [-0.3, -0.25) is 4.79 Å². The molecule has 3 nitrogen and oxygen atoms in total. The predicted molar refractivity (Wildman–Crippen MR) is 83.4 cm³/mol. The average Bonchev–Trinajstić information content (AvgIpc) is 2.79. The number of Topliss-reactive ketones (excluding diaryl/α,β-unsaturated/α-hetero) is 1. The summed E-state index contributed by atoms with van der Waals surface area (Å²) < 4.78 is 1.86. The molecule has 3 heteroatoms. The molecular formula is C18H17NO2. The van der Waals surface area contributed by atoms with Crippen molar-refractivity contribution in [3.63, 3.8) is 0 Å². The highest BCUT2D eigenvalue weighted by atomic mass is 16.3. The Balaban J connectivity index is 2.10. The SMILES string of the molecule is Cc1c(C(=O)C(O)c2ccccc2)n(C)c2ccccc12. The Labute approximate surface area is 123 Å². The van der Waals surface area contributed by atoms with Gasteiger partial charge in [0.05, 0.1) is 5.69 Å². The molecule has 1 N–H and O–H groups in total. The monoisotopic (exact) mass is 279 g/mol. The number of hydrogen-bond donors (Lipinski definition) is 1. The first-order valence-electron chi connectivity index (χ1n) is 6.92. The van der Waals surface area contributed by atoms with Gasteiger partial charge in [-0.1, -0.05) is 48.5 Å². The number of fused-ring (bicyclic) bond motifs is 1. The van der Waals surface area contributed by atoms with Crippen LogP contribution in [-0.4, -0.2) is 15.5 Å². The second kappa shape index (κ2) is 5.19. The summed E-state index contributed by atoms with van der Waals surface area (Å²) in [4.78, 5) is 12.7. The Morgan fingerprint density at radius 1 is 1.05 bits per heavy atom. The Morgan fingerprint density at radius 2 is 1.67 bits per heavy atom. The van der Waals surface area contributed by atoms with E-state index < -0.39 is 6.10 Å². The van der Waals surface area contributed by atoms with Gasteiger partial charge in [0.25, 0.3) is 0 Å². The molecule has 0 spiro atoms. The molecule has 3 aromatic rings. The normalized spacial score (nSPS) is 12.5. The zero-order chi connectivity index (χ0) is 15.0. The molecule has 0 amide bonds. The van der Waals surface area contributed by atoms with E-state index in [1.54, 1.807) is 12.1 Å². The molecule has 1 unspecified atom stereocenters. The van der Waals surface area contributed by atoms with Crippen LogP contribution in [0.25, 0.3) is 10.9 Å². The van der Waals surface area contributed by atoms with Gasteiger partial charge in [-0.15, -0.1) is 0 Å². The number of rotatable bonds is 3. The van der Waals surface area contributed by atoms with Gasteiger partial charge in [0, 0.05) is 18.0 Å². The van der Waals surface area contributed by atoms with Gasteiger partial charge in [-0.25, -0.2) is 0 Å². The van der Waals surface area contributed by atoms with Gasteiger partial charge in [0.15, 0.2) is 0 Å². The van der Waals surface area contributed by atoms with Crippen molar-refractivity contribution in [2.45, 2.75) is 13.0 Å². The lowest BCUT2D eigenvalue weighted by atomic mass is 10.0. The topological polar surface area (TPSA) is 42.2 Å². The molecule has 1 heterocycles. The lowest BCUT2D eigenvalue weighted by molar-refractivity contribution is 0.0738. The van der Waals surface area contributed by atoms with Gasteiger partial charge in [0.2, 0.25) is 5.78 Å². The molecule has 2 aromatic carbocycles. The summed E-state index contributed by atoms with van der Waals surface area (Å²) in [6.07, 6.45) is -1.13. The van der Waals surface area contributed by atoms with Crippen molar-refractivity contribution < 1.29 is 9.90 Å². The van der Waals surface area contributed by atoms with Gasteiger partial charge >= 0.3 is 0 Å². The van der Waals surface area contributed by atoms with Crippen LogP contribution in [0.5, 0.6) is 0 Å². The van der Waals surface area contributed by atoms with Crippen LogP contribution in [-0.2, 0) is 7.05 Å². The minimum Gasteiger partial charge on any atom is -0.380 e. The predicted octanol–water partition coefficient (Wildman–Crippen LogP) is 3.40. The first kappa shape index (κ1) is 13.6. The summed E-state index contributed by atoms with van der Waals surface area (Å²) >= 11 is 0. The molecule has 0 bridgehead atoms. The average molecular weight is 279 g/mol. The Hall–Kier alpha value is -2.39. The first-order chi connectivity index (χ1) is 10.1. The maximum atomic E-state index is 12.7. The number of aliphatic hydroxyl groups excluding tert-OH is 1. The van der Waals surface area contributed by atoms with Crippen molar-refractivity contribution in [3.8, 4) is 0 Å². The highest BCUT2D eigenvalue weighted by Gasteiger charge is 2.25. The number of benzene rings is 2.